The van der Waals surface area contributed by atoms with Crippen molar-refractivity contribution in [2.45, 2.75) is 56.3 Å². The van der Waals surface area contributed by atoms with Crippen LogP contribution >= 0.6 is 11.8 Å². The average molecular weight is 318 g/mol. The summed E-state index contributed by atoms with van der Waals surface area (Å²) in [6.07, 6.45) is 4.41. The minimum absolute atomic E-state index is 0.0516. The Bertz CT molecular complexity index is 727. The van der Waals surface area contributed by atoms with Crippen LogP contribution in [0, 0.1) is 0 Å². The maximum atomic E-state index is 12.9. The Balaban J connectivity index is 2.10. The quantitative estimate of drug-likeness (QED) is 0.693. The molecule has 0 unspecified atom stereocenters. The number of aromatic nitrogens is 2. The standard InChI is InChI=1S/C17H22N2O2S/c1-17(2,21)11-22-16-18-14-10-6-5-9-13(14)15(20)19(16)12-7-3-4-8-12/h5-6,9-10,12,21H,3-4,7-8,11H2,1-2H3. The summed E-state index contributed by atoms with van der Waals surface area (Å²) in [4.78, 5) is 17.6. The van der Waals surface area contributed by atoms with Gasteiger partial charge in [-0.25, -0.2) is 4.98 Å². The van der Waals surface area contributed by atoms with Gasteiger partial charge in [0.25, 0.3) is 5.56 Å². The van der Waals surface area contributed by atoms with E-state index < -0.39 is 5.60 Å². The molecule has 1 heterocycles. The third-order valence-corrected chi connectivity index (χ3v) is 5.42. The molecule has 0 bridgehead atoms. The first-order chi connectivity index (χ1) is 10.5. The van der Waals surface area contributed by atoms with Gasteiger partial charge >= 0.3 is 0 Å². The third-order valence-electron chi connectivity index (χ3n) is 4.02. The zero-order chi connectivity index (χ0) is 15.7. The van der Waals surface area contributed by atoms with Gasteiger partial charge in [-0.15, -0.1) is 0 Å². The van der Waals surface area contributed by atoms with Crippen LogP contribution in [0.2, 0.25) is 0 Å². The number of benzene rings is 1. The normalized spacial score (nSPS) is 16.5. The van der Waals surface area contributed by atoms with E-state index in [0.29, 0.717) is 11.1 Å². The number of thioether (sulfide) groups is 1. The van der Waals surface area contributed by atoms with Crippen molar-refractivity contribution in [3.63, 3.8) is 0 Å². The molecule has 4 nitrogen and oxygen atoms in total. The molecule has 1 aliphatic carbocycles. The number of hydrogen-bond acceptors (Lipinski definition) is 4. The molecule has 0 aliphatic heterocycles. The summed E-state index contributed by atoms with van der Waals surface area (Å²) in [7, 11) is 0. The third kappa shape index (κ3) is 3.20. The van der Waals surface area contributed by atoms with Crippen LogP contribution in [0.1, 0.15) is 45.6 Å². The number of hydrogen-bond donors (Lipinski definition) is 1. The average Bonchev–Trinajstić information content (AvgIpc) is 2.98. The van der Waals surface area contributed by atoms with Gasteiger partial charge in [-0.2, -0.15) is 0 Å². The SMILES string of the molecule is CC(C)(O)CSc1nc2ccccc2c(=O)n1C1CCCC1. The minimum Gasteiger partial charge on any atom is -0.390 e. The Hall–Kier alpha value is -1.33. The topological polar surface area (TPSA) is 55.1 Å². The van der Waals surface area contributed by atoms with Gasteiger partial charge in [0.2, 0.25) is 0 Å². The van der Waals surface area contributed by atoms with Crippen LogP contribution in [-0.4, -0.2) is 26.0 Å². The fourth-order valence-electron chi connectivity index (χ4n) is 2.95. The summed E-state index contributed by atoms with van der Waals surface area (Å²) in [6.45, 7) is 3.55. The highest BCUT2D eigenvalue weighted by molar-refractivity contribution is 7.99. The first kappa shape index (κ1) is 15.6. The van der Waals surface area contributed by atoms with Crippen molar-refractivity contribution in [3.05, 3.63) is 34.6 Å². The molecule has 2 aromatic rings. The molecule has 1 aliphatic rings. The van der Waals surface area contributed by atoms with Crippen LogP contribution in [0.3, 0.4) is 0 Å². The van der Waals surface area contributed by atoms with Crippen molar-refractivity contribution in [2.24, 2.45) is 0 Å². The van der Waals surface area contributed by atoms with Gasteiger partial charge in [0.15, 0.2) is 5.16 Å². The van der Waals surface area contributed by atoms with E-state index in [0.717, 1.165) is 23.5 Å². The van der Waals surface area contributed by atoms with Crippen LogP contribution in [-0.2, 0) is 0 Å². The van der Waals surface area contributed by atoms with Gasteiger partial charge < -0.3 is 5.11 Å². The van der Waals surface area contributed by atoms with Crippen molar-refractivity contribution >= 4 is 22.7 Å². The first-order valence-electron chi connectivity index (χ1n) is 7.82. The lowest BCUT2D eigenvalue weighted by atomic mass is 10.2. The van der Waals surface area contributed by atoms with E-state index >= 15 is 0 Å². The highest BCUT2D eigenvalue weighted by Gasteiger charge is 2.24. The maximum Gasteiger partial charge on any atom is 0.262 e. The van der Waals surface area contributed by atoms with Gasteiger partial charge in [-0.1, -0.05) is 36.7 Å². The van der Waals surface area contributed by atoms with E-state index in [4.69, 9.17) is 4.98 Å². The second-order valence-electron chi connectivity index (χ2n) is 6.63. The first-order valence-corrected chi connectivity index (χ1v) is 8.81. The Kier molecular flexibility index (Phi) is 4.28. The lowest BCUT2D eigenvalue weighted by molar-refractivity contribution is 0.107. The monoisotopic (exact) mass is 318 g/mol. The van der Waals surface area contributed by atoms with Crippen molar-refractivity contribution in [1.82, 2.24) is 9.55 Å². The molecule has 118 valence electrons. The lowest BCUT2D eigenvalue weighted by Gasteiger charge is -2.21. The largest absolute Gasteiger partial charge is 0.390 e. The predicted molar refractivity (Wildman–Crippen MR) is 90.5 cm³/mol. The van der Waals surface area contributed by atoms with Crippen LogP contribution in [0.5, 0.6) is 0 Å². The fraction of sp³-hybridized carbons (Fsp3) is 0.529. The molecule has 0 saturated heterocycles. The van der Waals surface area contributed by atoms with E-state index in [1.165, 1.54) is 24.6 Å². The number of para-hydroxylation sites is 1. The molecular formula is C17H22N2O2S. The molecule has 0 amide bonds. The summed E-state index contributed by atoms with van der Waals surface area (Å²) in [5.74, 6) is 0.518. The highest BCUT2D eigenvalue weighted by atomic mass is 32.2. The summed E-state index contributed by atoms with van der Waals surface area (Å²) in [5.41, 5.74) is 0.00453. The Morgan fingerprint density at radius 3 is 2.68 bits per heavy atom. The second-order valence-corrected chi connectivity index (χ2v) is 7.57. The molecule has 1 N–H and O–H groups in total. The predicted octanol–water partition coefficient (Wildman–Crippen LogP) is 3.37. The minimum atomic E-state index is -0.783. The number of aliphatic hydroxyl groups is 1. The highest BCUT2D eigenvalue weighted by Crippen LogP contribution is 2.32. The van der Waals surface area contributed by atoms with Crippen molar-refractivity contribution in [1.29, 1.82) is 0 Å². The fourth-order valence-corrected chi connectivity index (χ4v) is 3.97. The summed E-state index contributed by atoms with van der Waals surface area (Å²) < 4.78 is 1.87. The summed E-state index contributed by atoms with van der Waals surface area (Å²) in [5, 5.41) is 11.4. The van der Waals surface area contributed by atoms with Crippen LogP contribution < -0.4 is 5.56 Å². The smallest absolute Gasteiger partial charge is 0.262 e. The molecule has 1 aromatic heterocycles. The molecule has 22 heavy (non-hydrogen) atoms. The number of nitrogens with zero attached hydrogens (tertiary/aromatic N) is 2. The van der Waals surface area contributed by atoms with E-state index in [-0.39, 0.29) is 11.6 Å². The lowest BCUT2D eigenvalue weighted by Crippen LogP contribution is -2.28. The van der Waals surface area contributed by atoms with Gasteiger partial charge in [0, 0.05) is 11.8 Å². The van der Waals surface area contributed by atoms with Crippen molar-refractivity contribution in [2.75, 3.05) is 5.75 Å². The van der Waals surface area contributed by atoms with Gasteiger partial charge in [0.05, 0.1) is 16.5 Å². The Labute approximate surface area is 134 Å². The van der Waals surface area contributed by atoms with E-state index in [9.17, 15) is 9.90 Å². The molecule has 5 heteroatoms. The molecule has 1 saturated carbocycles. The van der Waals surface area contributed by atoms with Crippen LogP contribution in [0.15, 0.2) is 34.2 Å². The second kappa shape index (κ2) is 6.05. The summed E-state index contributed by atoms with van der Waals surface area (Å²) >= 11 is 1.47. The summed E-state index contributed by atoms with van der Waals surface area (Å²) in [6, 6.07) is 7.76. The zero-order valence-electron chi connectivity index (χ0n) is 13.1. The van der Waals surface area contributed by atoms with Gasteiger partial charge in [-0.05, 0) is 38.8 Å². The number of rotatable bonds is 4. The molecule has 0 spiro atoms. The number of fused-ring (bicyclic) bond motifs is 1. The molecule has 0 radical (unpaired) electrons. The van der Waals surface area contributed by atoms with E-state index in [1.54, 1.807) is 13.8 Å². The van der Waals surface area contributed by atoms with Gasteiger partial charge in [0.1, 0.15) is 0 Å². The Morgan fingerprint density at radius 2 is 2.00 bits per heavy atom. The molecular weight excluding hydrogens is 296 g/mol. The van der Waals surface area contributed by atoms with E-state index in [1.807, 2.05) is 28.8 Å². The maximum absolute atomic E-state index is 12.9. The van der Waals surface area contributed by atoms with Crippen LogP contribution in [0.25, 0.3) is 10.9 Å². The van der Waals surface area contributed by atoms with Crippen molar-refractivity contribution in [3.8, 4) is 0 Å². The van der Waals surface area contributed by atoms with E-state index in [2.05, 4.69) is 0 Å². The molecule has 1 aromatic carbocycles. The zero-order valence-corrected chi connectivity index (χ0v) is 13.9. The van der Waals surface area contributed by atoms with Crippen LogP contribution in [0.4, 0.5) is 0 Å². The van der Waals surface area contributed by atoms with Crippen molar-refractivity contribution < 1.29 is 5.11 Å². The Morgan fingerprint density at radius 1 is 1.32 bits per heavy atom. The molecule has 3 rings (SSSR count). The van der Waals surface area contributed by atoms with Gasteiger partial charge in [-0.3, -0.25) is 9.36 Å². The molecule has 1 fully saturated rings. The molecule has 0 atom stereocenters.